The van der Waals surface area contributed by atoms with Gasteiger partial charge in [-0.1, -0.05) is 5.46 Å². The van der Waals surface area contributed by atoms with E-state index in [1.807, 2.05) is 12.7 Å². The van der Waals surface area contributed by atoms with Crippen molar-refractivity contribution < 1.29 is 18.3 Å². The molecule has 148 valence electrons. The Labute approximate surface area is 163 Å². The van der Waals surface area contributed by atoms with Crippen LogP contribution in [0.4, 0.5) is 19.5 Å². The maximum atomic E-state index is 14.4. The van der Waals surface area contributed by atoms with E-state index < -0.39 is 35.3 Å². The summed E-state index contributed by atoms with van der Waals surface area (Å²) in [6.45, 7) is 5.97. The molecule has 28 heavy (non-hydrogen) atoms. The summed E-state index contributed by atoms with van der Waals surface area (Å²) in [7, 11) is 1.88. The molecule has 0 unspecified atom stereocenters. The first kappa shape index (κ1) is 20.0. The molecule has 0 aliphatic carbocycles. The molecule has 6 nitrogen and oxygen atoms in total. The molecular formula is C19H23BF2N4O2. The van der Waals surface area contributed by atoms with E-state index in [1.54, 1.807) is 33.2 Å². The molecule has 1 aromatic carbocycles. The topological polar surface area (TPSA) is 67.4 Å². The Morgan fingerprint density at radius 1 is 1.25 bits per heavy atom. The van der Waals surface area contributed by atoms with E-state index in [9.17, 15) is 13.6 Å². The van der Waals surface area contributed by atoms with Gasteiger partial charge in [0.05, 0.1) is 6.04 Å². The molecule has 0 radical (unpaired) electrons. The number of hydrogen-bond acceptors (Lipinski definition) is 5. The van der Waals surface area contributed by atoms with Crippen LogP contribution in [-0.4, -0.2) is 48.6 Å². The Bertz CT molecular complexity index is 858. The van der Waals surface area contributed by atoms with Crippen LogP contribution >= 0.6 is 0 Å². The normalized spacial score (nSPS) is 19.5. The van der Waals surface area contributed by atoms with E-state index in [0.29, 0.717) is 19.0 Å². The molecular weight excluding hydrogens is 365 g/mol. The first-order valence-electron chi connectivity index (χ1n) is 9.10. The van der Waals surface area contributed by atoms with Crippen molar-refractivity contribution in [2.75, 3.05) is 18.0 Å². The molecule has 1 fully saturated rings. The fourth-order valence-corrected chi connectivity index (χ4v) is 3.24. The fraction of sp³-hybridized carbons (Fsp3) is 0.421. The van der Waals surface area contributed by atoms with Gasteiger partial charge in [-0.2, -0.15) is 0 Å². The predicted molar refractivity (Wildman–Crippen MR) is 105 cm³/mol. The number of hydrogen-bond donors (Lipinski definition) is 1. The minimum absolute atomic E-state index is 0.204. The van der Waals surface area contributed by atoms with Gasteiger partial charge >= 0.3 is 6.09 Å². The molecule has 1 aliphatic heterocycles. The van der Waals surface area contributed by atoms with Crippen molar-refractivity contribution in [3.05, 3.63) is 47.8 Å². The maximum Gasteiger partial charge on any atom is 0.407 e. The number of carbonyl (C=O) groups excluding carboxylic acids is 1. The van der Waals surface area contributed by atoms with Gasteiger partial charge in [-0.25, -0.2) is 23.5 Å². The van der Waals surface area contributed by atoms with Crippen molar-refractivity contribution in [3.63, 3.8) is 0 Å². The number of halogens is 2. The molecule has 1 aliphatic rings. The summed E-state index contributed by atoms with van der Waals surface area (Å²) in [5.41, 5.74) is 0.456. The van der Waals surface area contributed by atoms with Gasteiger partial charge in [-0.3, -0.25) is 0 Å². The van der Waals surface area contributed by atoms with Crippen LogP contribution in [0.2, 0.25) is 0 Å². The first-order chi connectivity index (χ1) is 13.1. The highest BCUT2D eigenvalue weighted by Gasteiger charge is 2.38. The second-order valence-corrected chi connectivity index (χ2v) is 7.99. The summed E-state index contributed by atoms with van der Waals surface area (Å²) >= 11 is 0. The van der Waals surface area contributed by atoms with Crippen LogP contribution in [0.5, 0.6) is 0 Å². The molecule has 1 saturated heterocycles. The number of aromatic nitrogens is 2. The molecule has 0 saturated carbocycles. The monoisotopic (exact) mass is 388 g/mol. The van der Waals surface area contributed by atoms with Crippen molar-refractivity contribution in [3.8, 4) is 0 Å². The van der Waals surface area contributed by atoms with E-state index in [1.165, 1.54) is 6.07 Å². The lowest BCUT2D eigenvalue weighted by atomic mass is 9.94. The fourth-order valence-electron chi connectivity index (χ4n) is 3.24. The summed E-state index contributed by atoms with van der Waals surface area (Å²) in [5, 5.41) is 2.79. The summed E-state index contributed by atoms with van der Waals surface area (Å²) in [4.78, 5) is 22.7. The Morgan fingerprint density at radius 2 is 1.93 bits per heavy atom. The van der Waals surface area contributed by atoms with Crippen molar-refractivity contribution in [2.24, 2.45) is 0 Å². The average Bonchev–Trinajstić information content (AvgIpc) is 2.99. The second kappa shape index (κ2) is 7.73. The first-order valence-corrected chi connectivity index (χ1v) is 9.10. The predicted octanol–water partition coefficient (Wildman–Crippen LogP) is 1.51. The number of ether oxygens (including phenoxy) is 1. The highest BCUT2D eigenvalue weighted by atomic mass is 19.1. The maximum absolute atomic E-state index is 14.4. The van der Waals surface area contributed by atoms with E-state index >= 15 is 0 Å². The van der Waals surface area contributed by atoms with Crippen LogP contribution in [0, 0.1) is 11.6 Å². The van der Waals surface area contributed by atoms with Gasteiger partial charge in [-0.05, 0) is 44.5 Å². The van der Waals surface area contributed by atoms with Crippen molar-refractivity contribution >= 4 is 25.4 Å². The molecule has 3 rings (SSSR count). The molecule has 9 heteroatoms. The Hall–Kier alpha value is -2.71. The van der Waals surface area contributed by atoms with Gasteiger partial charge in [0, 0.05) is 31.4 Å². The molecule has 2 aromatic rings. The van der Waals surface area contributed by atoms with E-state index in [-0.39, 0.29) is 5.56 Å². The van der Waals surface area contributed by atoms with Crippen molar-refractivity contribution in [1.82, 2.24) is 15.3 Å². The Balaban J connectivity index is 1.87. The largest absolute Gasteiger partial charge is 0.444 e. The Morgan fingerprint density at radius 3 is 2.57 bits per heavy atom. The summed E-state index contributed by atoms with van der Waals surface area (Å²) < 4.78 is 33.5. The summed E-state index contributed by atoms with van der Waals surface area (Å²) in [5.74, 6) is -1.06. The molecule has 1 N–H and O–H groups in total. The highest BCUT2D eigenvalue weighted by molar-refractivity contribution is 6.31. The SMILES string of the molecule is Bc1cnc(N2C[C@H](NC(=O)OC(C)(C)C)[C@@H](c3cc(F)ccc3F)C2)nc1. The number of nitrogens with one attached hydrogen (secondary N) is 1. The zero-order chi connectivity index (χ0) is 20.5. The number of alkyl carbamates (subject to hydrolysis) is 1. The minimum atomic E-state index is -0.665. The molecule has 1 amide bonds. The second-order valence-electron chi connectivity index (χ2n) is 7.99. The van der Waals surface area contributed by atoms with E-state index in [4.69, 9.17) is 4.74 Å². The number of rotatable bonds is 3. The Kier molecular flexibility index (Phi) is 5.53. The molecule has 1 aromatic heterocycles. The number of nitrogens with zero attached hydrogens (tertiary/aromatic N) is 3. The van der Waals surface area contributed by atoms with Crippen LogP contribution in [-0.2, 0) is 4.74 Å². The summed E-state index contributed by atoms with van der Waals surface area (Å²) in [6.07, 6.45) is 2.77. The van der Waals surface area contributed by atoms with Gasteiger partial charge in [0.2, 0.25) is 5.95 Å². The molecule has 2 atom stereocenters. The molecule has 0 bridgehead atoms. The van der Waals surface area contributed by atoms with Crippen LogP contribution < -0.4 is 15.7 Å². The number of anilines is 1. The highest BCUT2D eigenvalue weighted by Crippen LogP contribution is 2.32. The third-order valence-electron chi connectivity index (χ3n) is 4.43. The van der Waals surface area contributed by atoms with Gasteiger partial charge in [0.25, 0.3) is 0 Å². The van der Waals surface area contributed by atoms with Gasteiger partial charge in [-0.15, -0.1) is 0 Å². The van der Waals surface area contributed by atoms with Gasteiger partial charge in [0.1, 0.15) is 25.1 Å². The van der Waals surface area contributed by atoms with Crippen LogP contribution in [0.1, 0.15) is 32.3 Å². The lowest BCUT2D eigenvalue weighted by Gasteiger charge is -2.24. The zero-order valence-corrected chi connectivity index (χ0v) is 16.4. The quantitative estimate of drug-likeness (QED) is 0.808. The van der Waals surface area contributed by atoms with Gasteiger partial charge in [0.15, 0.2) is 0 Å². The smallest absolute Gasteiger partial charge is 0.407 e. The van der Waals surface area contributed by atoms with Gasteiger partial charge < -0.3 is 15.0 Å². The lowest BCUT2D eigenvalue weighted by molar-refractivity contribution is 0.0504. The summed E-state index contributed by atoms with van der Waals surface area (Å²) in [6, 6.07) is 2.85. The van der Waals surface area contributed by atoms with E-state index in [0.717, 1.165) is 17.6 Å². The van der Waals surface area contributed by atoms with Crippen LogP contribution in [0.25, 0.3) is 0 Å². The third kappa shape index (κ3) is 4.77. The minimum Gasteiger partial charge on any atom is -0.444 e. The third-order valence-corrected chi connectivity index (χ3v) is 4.43. The van der Waals surface area contributed by atoms with E-state index in [2.05, 4.69) is 15.3 Å². The van der Waals surface area contributed by atoms with Crippen molar-refractivity contribution in [1.29, 1.82) is 0 Å². The number of carbonyl (C=O) groups is 1. The van der Waals surface area contributed by atoms with Crippen molar-refractivity contribution in [2.45, 2.75) is 38.3 Å². The van der Waals surface area contributed by atoms with Crippen LogP contribution in [0.3, 0.4) is 0 Å². The molecule has 2 heterocycles. The average molecular weight is 388 g/mol. The number of benzene rings is 1. The number of amides is 1. The molecule has 0 spiro atoms. The lowest BCUT2D eigenvalue weighted by Crippen LogP contribution is -2.43. The standard InChI is InChI=1S/C19H23BF2N4O2/c1-19(2,3)28-18(27)25-16-10-26(17-23-7-11(20)8-24-17)9-14(16)13-6-12(21)4-5-15(13)22/h4-8,14,16H,9-10,20H2,1-3H3,(H,25,27)/t14-,16+/m1/s1. The van der Waals surface area contributed by atoms with Crippen LogP contribution in [0.15, 0.2) is 30.6 Å². The zero-order valence-electron chi connectivity index (χ0n) is 16.4.